The van der Waals surface area contributed by atoms with Gasteiger partial charge in [0.25, 0.3) is 5.91 Å². The molecular formula is C19H19N3O. The molecule has 1 aliphatic rings. The van der Waals surface area contributed by atoms with Crippen LogP contribution in [0.1, 0.15) is 35.2 Å². The zero-order valence-electron chi connectivity index (χ0n) is 13.0. The Labute approximate surface area is 136 Å². The number of nitriles is 1. The number of nitrogens with zero attached hydrogens (tertiary/aromatic N) is 2. The normalized spacial score (nSPS) is 14.1. The first-order chi connectivity index (χ1) is 11.3. The van der Waals surface area contributed by atoms with Gasteiger partial charge in [0.1, 0.15) is 0 Å². The molecular weight excluding hydrogens is 286 g/mol. The average molecular weight is 305 g/mol. The van der Waals surface area contributed by atoms with Gasteiger partial charge in [-0.1, -0.05) is 18.2 Å². The summed E-state index contributed by atoms with van der Waals surface area (Å²) in [6.07, 6.45) is 3.64. The van der Waals surface area contributed by atoms with Crippen LogP contribution in [0.4, 0.5) is 11.4 Å². The monoisotopic (exact) mass is 305 g/mol. The van der Waals surface area contributed by atoms with E-state index in [-0.39, 0.29) is 5.91 Å². The predicted molar refractivity (Wildman–Crippen MR) is 91.6 cm³/mol. The summed E-state index contributed by atoms with van der Waals surface area (Å²) in [7, 11) is 0. The summed E-state index contributed by atoms with van der Waals surface area (Å²) >= 11 is 0. The second-order valence-electron chi connectivity index (χ2n) is 5.71. The molecule has 0 spiro atoms. The van der Waals surface area contributed by atoms with Crippen molar-refractivity contribution in [2.24, 2.45) is 0 Å². The molecule has 0 aliphatic carbocycles. The Morgan fingerprint density at radius 1 is 1.04 bits per heavy atom. The number of piperidine rings is 1. The van der Waals surface area contributed by atoms with E-state index in [0.717, 1.165) is 24.5 Å². The quantitative estimate of drug-likeness (QED) is 0.938. The number of anilines is 2. The molecule has 1 saturated heterocycles. The fraction of sp³-hybridized carbons (Fsp3) is 0.263. The second kappa shape index (κ2) is 6.97. The van der Waals surface area contributed by atoms with Gasteiger partial charge < -0.3 is 10.2 Å². The van der Waals surface area contributed by atoms with Crippen LogP contribution in [-0.2, 0) is 0 Å². The second-order valence-corrected chi connectivity index (χ2v) is 5.71. The van der Waals surface area contributed by atoms with Crippen molar-refractivity contribution in [2.75, 3.05) is 23.3 Å². The number of para-hydroxylation sites is 2. The Hall–Kier alpha value is -2.80. The highest BCUT2D eigenvalue weighted by Crippen LogP contribution is 2.28. The van der Waals surface area contributed by atoms with Crippen molar-refractivity contribution in [1.29, 1.82) is 5.26 Å². The summed E-state index contributed by atoms with van der Waals surface area (Å²) in [6, 6.07) is 16.7. The van der Waals surface area contributed by atoms with Crippen molar-refractivity contribution >= 4 is 17.3 Å². The van der Waals surface area contributed by atoms with E-state index in [9.17, 15) is 4.79 Å². The Morgan fingerprint density at radius 3 is 2.61 bits per heavy atom. The lowest BCUT2D eigenvalue weighted by Crippen LogP contribution is -2.30. The van der Waals surface area contributed by atoms with Crippen LogP contribution in [0.3, 0.4) is 0 Å². The van der Waals surface area contributed by atoms with Crippen LogP contribution in [-0.4, -0.2) is 19.0 Å². The number of hydrogen-bond acceptors (Lipinski definition) is 3. The van der Waals surface area contributed by atoms with Crippen LogP contribution in [0.2, 0.25) is 0 Å². The van der Waals surface area contributed by atoms with Gasteiger partial charge in [-0.15, -0.1) is 0 Å². The van der Waals surface area contributed by atoms with Crippen LogP contribution >= 0.6 is 0 Å². The lowest BCUT2D eigenvalue weighted by Gasteiger charge is -2.30. The molecule has 2 aromatic rings. The highest BCUT2D eigenvalue weighted by atomic mass is 16.1. The van der Waals surface area contributed by atoms with Crippen LogP contribution in [0.5, 0.6) is 0 Å². The van der Waals surface area contributed by atoms with E-state index >= 15 is 0 Å². The van der Waals surface area contributed by atoms with Crippen molar-refractivity contribution < 1.29 is 4.79 Å². The lowest BCUT2D eigenvalue weighted by molar-refractivity contribution is 0.102. The van der Waals surface area contributed by atoms with Gasteiger partial charge in [-0.3, -0.25) is 4.79 Å². The molecule has 0 atom stereocenters. The van der Waals surface area contributed by atoms with Crippen molar-refractivity contribution in [1.82, 2.24) is 0 Å². The summed E-state index contributed by atoms with van der Waals surface area (Å²) in [5.41, 5.74) is 2.87. The first-order valence-corrected chi connectivity index (χ1v) is 7.93. The number of nitrogens with one attached hydrogen (secondary N) is 1. The topological polar surface area (TPSA) is 56.1 Å². The molecule has 23 heavy (non-hydrogen) atoms. The molecule has 0 unspecified atom stereocenters. The standard InChI is InChI=1S/C19H19N3O/c20-14-15-7-6-8-16(13-15)19(23)21-17-9-2-3-10-18(17)22-11-4-1-5-12-22/h2-3,6-10,13H,1,4-5,11-12H2,(H,21,23). The van der Waals surface area contributed by atoms with E-state index in [1.165, 1.54) is 19.3 Å². The minimum atomic E-state index is -0.188. The van der Waals surface area contributed by atoms with Gasteiger partial charge in [0, 0.05) is 18.7 Å². The van der Waals surface area contributed by atoms with E-state index in [1.807, 2.05) is 24.3 Å². The molecule has 3 rings (SSSR count). The molecule has 0 radical (unpaired) electrons. The van der Waals surface area contributed by atoms with Crippen molar-refractivity contribution in [2.45, 2.75) is 19.3 Å². The molecule has 1 amide bonds. The third kappa shape index (κ3) is 3.51. The number of rotatable bonds is 3. The maximum atomic E-state index is 12.5. The van der Waals surface area contributed by atoms with E-state index < -0.39 is 0 Å². The maximum absolute atomic E-state index is 12.5. The molecule has 0 aromatic heterocycles. The summed E-state index contributed by atoms with van der Waals surface area (Å²) < 4.78 is 0. The summed E-state index contributed by atoms with van der Waals surface area (Å²) in [6.45, 7) is 2.05. The van der Waals surface area contributed by atoms with E-state index in [2.05, 4.69) is 16.3 Å². The first kappa shape index (κ1) is 15.1. The number of carbonyl (C=O) groups excluding carboxylic acids is 1. The Morgan fingerprint density at radius 2 is 1.83 bits per heavy atom. The predicted octanol–water partition coefficient (Wildman–Crippen LogP) is 3.80. The van der Waals surface area contributed by atoms with E-state index in [4.69, 9.17) is 5.26 Å². The summed E-state index contributed by atoms with van der Waals surface area (Å²) in [5.74, 6) is -0.188. The Balaban J connectivity index is 1.82. The third-order valence-corrected chi connectivity index (χ3v) is 4.10. The molecule has 1 aliphatic heterocycles. The van der Waals surface area contributed by atoms with Gasteiger partial charge in [0.2, 0.25) is 0 Å². The van der Waals surface area contributed by atoms with Gasteiger partial charge in [0.05, 0.1) is 23.0 Å². The van der Waals surface area contributed by atoms with Gasteiger partial charge in [-0.25, -0.2) is 0 Å². The number of benzene rings is 2. The highest BCUT2D eigenvalue weighted by Gasteiger charge is 2.16. The molecule has 1 fully saturated rings. The molecule has 1 N–H and O–H groups in total. The van der Waals surface area contributed by atoms with E-state index in [1.54, 1.807) is 24.3 Å². The molecule has 1 heterocycles. The molecule has 116 valence electrons. The summed E-state index contributed by atoms with van der Waals surface area (Å²) in [5, 5.41) is 11.9. The minimum absolute atomic E-state index is 0.188. The SMILES string of the molecule is N#Cc1cccc(C(=O)Nc2ccccc2N2CCCCC2)c1. The van der Waals surface area contributed by atoms with Gasteiger partial charge in [-0.05, 0) is 49.6 Å². The highest BCUT2D eigenvalue weighted by molar-refractivity contribution is 6.06. The zero-order chi connectivity index (χ0) is 16.1. The number of carbonyl (C=O) groups is 1. The largest absolute Gasteiger partial charge is 0.370 e. The van der Waals surface area contributed by atoms with Crippen LogP contribution < -0.4 is 10.2 Å². The molecule has 4 heteroatoms. The van der Waals surface area contributed by atoms with Gasteiger partial charge in [-0.2, -0.15) is 5.26 Å². The third-order valence-electron chi connectivity index (χ3n) is 4.10. The zero-order valence-corrected chi connectivity index (χ0v) is 13.0. The lowest BCUT2D eigenvalue weighted by atomic mass is 10.1. The average Bonchev–Trinajstić information content (AvgIpc) is 2.63. The van der Waals surface area contributed by atoms with Gasteiger partial charge >= 0.3 is 0 Å². The Bertz CT molecular complexity index is 742. The van der Waals surface area contributed by atoms with Crippen LogP contribution in [0.25, 0.3) is 0 Å². The van der Waals surface area contributed by atoms with Crippen molar-refractivity contribution in [3.05, 3.63) is 59.7 Å². The van der Waals surface area contributed by atoms with Crippen LogP contribution in [0.15, 0.2) is 48.5 Å². The number of amides is 1. The van der Waals surface area contributed by atoms with Crippen LogP contribution in [0, 0.1) is 11.3 Å². The molecule has 2 aromatic carbocycles. The Kier molecular flexibility index (Phi) is 4.58. The fourth-order valence-electron chi connectivity index (χ4n) is 2.91. The smallest absolute Gasteiger partial charge is 0.255 e. The maximum Gasteiger partial charge on any atom is 0.255 e. The van der Waals surface area contributed by atoms with E-state index in [0.29, 0.717) is 11.1 Å². The first-order valence-electron chi connectivity index (χ1n) is 7.93. The molecule has 0 bridgehead atoms. The molecule has 4 nitrogen and oxygen atoms in total. The number of hydrogen-bond donors (Lipinski definition) is 1. The fourth-order valence-corrected chi connectivity index (χ4v) is 2.91. The minimum Gasteiger partial charge on any atom is -0.370 e. The summed E-state index contributed by atoms with van der Waals surface area (Å²) in [4.78, 5) is 14.8. The van der Waals surface area contributed by atoms with Crippen molar-refractivity contribution in [3.63, 3.8) is 0 Å². The van der Waals surface area contributed by atoms with Gasteiger partial charge in [0.15, 0.2) is 0 Å². The van der Waals surface area contributed by atoms with Crippen molar-refractivity contribution in [3.8, 4) is 6.07 Å². The molecule has 0 saturated carbocycles.